The Balaban J connectivity index is 1.73. The third-order valence-electron chi connectivity index (χ3n) is 4.52. The number of nitrogens with zero attached hydrogens (tertiary/aromatic N) is 2. The molecule has 0 fully saturated rings. The van der Waals surface area contributed by atoms with E-state index in [0.29, 0.717) is 11.9 Å². The Kier molecular flexibility index (Phi) is 4.05. The zero-order valence-electron chi connectivity index (χ0n) is 14.6. The third-order valence-corrected chi connectivity index (χ3v) is 4.52. The molecule has 2 aromatic heterocycles. The first-order chi connectivity index (χ1) is 12.7. The van der Waals surface area contributed by atoms with Gasteiger partial charge in [-0.15, -0.1) is 0 Å². The summed E-state index contributed by atoms with van der Waals surface area (Å²) in [7, 11) is 1.64. The van der Waals surface area contributed by atoms with E-state index in [1.807, 2.05) is 61.7 Å². The molecular formula is C21H18N2O3. The number of hydrogen-bond donors (Lipinski definition) is 0. The van der Waals surface area contributed by atoms with Crippen LogP contribution in [0.1, 0.15) is 11.3 Å². The quantitative estimate of drug-likeness (QED) is 0.560. The van der Waals surface area contributed by atoms with Crippen LogP contribution in [0.4, 0.5) is 0 Å². The molecule has 130 valence electrons. The average Bonchev–Trinajstić information content (AvgIpc) is 3.10. The predicted octanol–water partition coefficient (Wildman–Crippen LogP) is 4.02. The van der Waals surface area contributed by atoms with Crippen molar-refractivity contribution < 1.29 is 9.26 Å². The number of fused-ring (bicyclic) bond motifs is 1. The number of aryl methyl sites for hydroxylation is 1. The van der Waals surface area contributed by atoms with Crippen molar-refractivity contribution in [1.29, 1.82) is 0 Å². The summed E-state index contributed by atoms with van der Waals surface area (Å²) in [5.41, 5.74) is 3.76. The molecule has 0 saturated heterocycles. The van der Waals surface area contributed by atoms with Gasteiger partial charge in [-0.25, -0.2) is 0 Å². The summed E-state index contributed by atoms with van der Waals surface area (Å²) < 4.78 is 12.0. The number of methoxy groups -OCH3 is 1. The van der Waals surface area contributed by atoms with Crippen LogP contribution in [0, 0.1) is 6.92 Å². The third kappa shape index (κ3) is 2.88. The lowest BCUT2D eigenvalue weighted by Crippen LogP contribution is -2.20. The van der Waals surface area contributed by atoms with E-state index in [-0.39, 0.29) is 5.56 Å². The summed E-state index contributed by atoms with van der Waals surface area (Å²) in [5.74, 6) is 0.782. The minimum absolute atomic E-state index is 0.0149. The van der Waals surface area contributed by atoms with Crippen LogP contribution in [-0.4, -0.2) is 16.8 Å². The van der Waals surface area contributed by atoms with E-state index in [4.69, 9.17) is 9.26 Å². The second-order valence-corrected chi connectivity index (χ2v) is 6.22. The van der Waals surface area contributed by atoms with Gasteiger partial charge in [-0.2, -0.15) is 0 Å². The Morgan fingerprint density at radius 3 is 2.81 bits per heavy atom. The topological polar surface area (TPSA) is 57.3 Å². The van der Waals surface area contributed by atoms with E-state index in [2.05, 4.69) is 5.16 Å². The second-order valence-electron chi connectivity index (χ2n) is 6.22. The number of hydrogen-bond acceptors (Lipinski definition) is 4. The van der Waals surface area contributed by atoms with E-state index < -0.39 is 0 Å². The van der Waals surface area contributed by atoms with Gasteiger partial charge in [0.15, 0.2) is 0 Å². The van der Waals surface area contributed by atoms with Gasteiger partial charge in [0, 0.05) is 17.1 Å². The van der Waals surface area contributed by atoms with Gasteiger partial charge < -0.3 is 13.8 Å². The van der Waals surface area contributed by atoms with Crippen molar-refractivity contribution in [3.8, 4) is 16.9 Å². The molecule has 2 heterocycles. The molecule has 4 rings (SSSR count). The van der Waals surface area contributed by atoms with Crippen molar-refractivity contribution >= 4 is 10.8 Å². The lowest BCUT2D eigenvalue weighted by Gasteiger charge is -2.09. The molecule has 0 spiro atoms. The maximum absolute atomic E-state index is 12.9. The van der Waals surface area contributed by atoms with Crippen LogP contribution in [0.5, 0.6) is 5.75 Å². The summed E-state index contributed by atoms with van der Waals surface area (Å²) in [6.07, 6.45) is 3.45. The van der Waals surface area contributed by atoms with Crippen molar-refractivity contribution in [2.45, 2.75) is 13.5 Å². The smallest absolute Gasteiger partial charge is 0.258 e. The van der Waals surface area contributed by atoms with Gasteiger partial charge in [-0.1, -0.05) is 23.4 Å². The first-order valence-corrected chi connectivity index (χ1v) is 8.33. The molecular weight excluding hydrogens is 328 g/mol. The molecule has 0 atom stereocenters. The number of ether oxygens (including phenoxy) is 1. The number of pyridine rings is 1. The Labute approximate surface area is 150 Å². The highest BCUT2D eigenvalue weighted by Gasteiger charge is 2.09. The molecule has 2 aromatic carbocycles. The van der Waals surface area contributed by atoms with Crippen LogP contribution in [0.2, 0.25) is 0 Å². The van der Waals surface area contributed by atoms with E-state index in [9.17, 15) is 4.79 Å². The molecule has 0 aliphatic carbocycles. The zero-order chi connectivity index (χ0) is 18.1. The predicted molar refractivity (Wildman–Crippen MR) is 101 cm³/mol. The second kappa shape index (κ2) is 6.52. The van der Waals surface area contributed by atoms with Gasteiger partial charge in [0.25, 0.3) is 5.56 Å². The zero-order valence-corrected chi connectivity index (χ0v) is 14.6. The van der Waals surface area contributed by atoms with Crippen LogP contribution < -0.4 is 10.3 Å². The minimum atomic E-state index is -0.0149. The van der Waals surface area contributed by atoms with Crippen molar-refractivity contribution in [1.82, 2.24) is 9.72 Å². The molecule has 26 heavy (non-hydrogen) atoms. The van der Waals surface area contributed by atoms with Crippen LogP contribution in [0.15, 0.2) is 70.3 Å². The van der Waals surface area contributed by atoms with Crippen molar-refractivity contribution in [2.75, 3.05) is 7.11 Å². The van der Waals surface area contributed by atoms with Crippen molar-refractivity contribution in [3.63, 3.8) is 0 Å². The molecule has 0 aliphatic heterocycles. The molecule has 0 unspecified atom stereocenters. The van der Waals surface area contributed by atoms with Crippen LogP contribution in [0.25, 0.3) is 21.9 Å². The summed E-state index contributed by atoms with van der Waals surface area (Å²) >= 11 is 0. The van der Waals surface area contributed by atoms with E-state index in [1.54, 1.807) is 17.9 Å². The largest absolute Gasteiger partial charge is 0.497 e. The summed E-state index contributed by atoms with van der Waals surface area (Å²) in [6.45, 7) is 2.40. The van der Waals surface area contributed by atoms with Crippen LogP contribution in [-0.2, 0) is 6.54 Å². The average molecular weight is 346 g/mol. The Bertz CT molecular complexity index is 1140. The summed E-state index contributed by atoms with van der Waals surface area (Å²) in [6, 6.07) is 15.5. The Morgan fingerprint density at radius 2 is 2.04 bits per heavy atom. The van der Waals surface area contributed by atoms with Crippen LogP contribution in [0.3, 0.4) is 0 Å². The molecule has 0 aliphatic rings. The summed E-state index contributed by atoms with van der Waals surface area (Å²) in [5, 5.41) is 5.50. The van der Waals surface area contributed by atoms with Crippen molar-refractivity contribution in [2.24, 2.45) is 0 Å². The fourth-order valence-corrected chi connectivity index (χ4v) is 3.12. The number of aromatic nitrogens is 2. The summed E-state index contributed by atoms with van der Waals surface area (Å²) in [4.78, 5) is 12.9. The van der Waals surface area contributed by atoms with Gasteiger partial charge in [0.1, 0.15) is 12.0 Å². The monoisotopic (exact) mass is 346 g/mol. The maximum Gasteiger partial charge on any atom is 0.258 e. The minimum Gasteiger partial charge on any atom is -0.497 e. The lowest BCUT2D eigenvalue weighted by atomic mass is 10.0. The van der Waals surface area contributed by atoms with Gasteiger partial charge in [-0.05, 0) is 53.8 Å². The van der Waals surface area contributed by atoms with E-state index in [1.165, 1.54) is 0 Å². The first-order valence-electron chi connectivity index (χ1n) is 8.33. The lowest BCUT2D eigenvalue weighted by molar-refractivity contribution is 0.414. The molecule has 0 amide bonds. The molecule has 4 aromatic rings. The van der Waals surface area contributed by atoms with Gasteiger partial charge in [0.05, 0.1) is 19.3 Å². The first kappa shape index (κ1) is 16.1. The van der Waals surface area contributed by atoms with E-state index in [0.717, 1.165) is 33.5 Å². The SMILES string of the molecule is COc1cccc(Cn2ccc3cc(-c4conc4C)ccc3c2=O)c1. The molecule has 0 bridgehead atoms. The fraction of sp³-hybridized carbons (Fsp3) is 0.143. The standard InChI is InChI=1S/C21H18N2O3/c1-14-20(13-26-22-14)16-6-7-19-17(11-16)8-9-23(21(19)24)12-15-4-3-5-18(10-15)25-2/h3-11,13H,12H2,1-2H3. The number of rotatable bonds is 4. The fourth-order valence-electron chi connectivity index (χ4n) is 3.12. The number of benzene rings is 2. The van der Waals surface area contributed by atoms with Crippen LogP contribution >= 0.6 is 0 Å². The maximum atomic E-state index is 12.9. The molecule has 0 saturated carbocycles. The molecule has 0 radical (unpaired) electrons. The van der Waals surface area contributed by atoms with E-state index >= 15 is 0 Å². The highest BCUT2D eigenvalue weighted by Crippen LogP contribution is 2.25. The Morgan fingerprint density at radius 1 is 1.15 bits per heavy atom. The molecule has 5 nitrogen and oxygen atoms in total. The van der Waals surface area contributed by atoms with Gasteiger partial charge >= 0.3 is 0 Å². The normalized spacial score (nSPS) is 11.0. The molecule has 0 N–H and O–H groups in total. The highest BCUT2D eigenvalue weighted by atomic mass is 16.5. The van der Waals surface area contributed by atoms with Gasteiger partial charge in [-0.3, -0.25) is 4.79 Å². The highest BCUT2D eigenvalue weighted by molar-refractivity contribution is 5.86. The van der Waals surface area contributed by atoms with Crippen molar-refractivity contribution in [3.05, 3.63) is 82.6 Å². The van der Waals surface area contributed by atoms with Gasteiger partial charge in [0.2, 0.25) is 0 Å². The molecule has 5 heteroatoms. The Hall–Kier alpha value is -3.34.